The van der Waals surface area contributed by atoms with Crippen molar-refractivity contribution in [3.05, 3.63) is 124 Å². The Balaban J connectivity index is 1.60. The molecule has 0 fully saturated rings. The highest BCUT2D eigenvalue weighted by atomic mass is 14.9. The first-order valence-electron chi connectivity index (χ1n) is 22.6. The molecule has 0 aliphatic rings. The number of rotatable bonds is 6. The van der Waals surface area contributed by atoms with Gasteiger partial charge in [0, 0.05) is 38.9 Å². The molecule has 0 saturated carbocycles. The lowest BCUT2D eigenvalue weighted by Gasteiger charge is -2.26. The van der Waals surface area contributed by atoms with Crippen LogP contribution in [-0.2, 0) is 0 Å². The monoisotopic (exact) mass is 851 g/mol. The second-order valence-corrected chi connectivity index (χ2v) is 18.6. The van der Waals surface area contributed by atoms with Gasteiger partial charge in [0.15, 0.2) is 5.82 Å². The zero-order chi connectivity index (χ0) is 47.3. The third kappa shape index (κ3) is 7.14. The van der Waals surface area contributed by atoms with E-state index in [0.717, 1.165) is 141 Å². The summed E-state index contributed by atoms with van der Waals surface area (Å²) in [5.74, 6) is 0.717. The van der Waals surface area contributed by atoms with Crippen molar-refractivity contribution < 1.29 is 0 Å². The summed E-state index contributed by atoms with van der Waals surface area (Å²) >= 11 is 0. The van der Waals surface area contributed by atoms with E-state index in [1.165, 1.54) is 44.5 Å². The number of hydrogen-bond donors (Lipinski definition) is 0. The van der Waals surface area contributed by atoms with Crippen LogP contribution in [0.25, 0.3) is 67.7 Å². The fourth-order valence-corrected chi connectivity index (χ4v) is 10.0. The van der Waals surface area contributed by atoms with Gasteiger partial charge in [0.2, 0.25) is 0 Å². The second kappa shape index (κ2) is 16.5. The Bertz CT molecular complexity index is 2930. The molecular formula is C56H66N8. The van der Waals surface area contributed by atoms with E-state index in [2.05, 4.69) is 111 Å². The van der Waals surface area contributed by atoms with E-state index < -0.39 is 0 Å². The molecule has 0 N–H and O–H groups in total. The van der Waals surface area contributed by atoms with Crippen molar-refractivity contribution >= 4 is 0 Å². The molecule has 0 spiro atoms. The van der Waals surface area contributed by atoms with Crippen LogP contribution in [0.5, 0.6) is 0 Å². The first kappa shape index (κ1) is 46.0. The second-order valence-electron chi connectivity index (χ2n) is 18.6. The molecule has 4 aromatic heterocycles. The predicted octanol–water partition coefficient (Wildman–Crippen LogP) is 13.6. The highest BCUT2D eigenvalue weighted by Gasteiger charge is 2.29. The van der Waals surface area contributed by atoms with Gasteiger partial charge in [-0.2, -0.15) is 0 Å². The van der Waals surface area contributed by atoms with E-state index >= 15 is 0 Å². The molecule has 8 heteroatoms. The van der Waals surface area contributed by atoms with Crippen LogP contribution in [0.2, 0.25) is 0 Å². The van der Waals surface area contributed by atoms with E-state index in [-0.39, 0.29) is 0 Å². The Morgan fingerprint density at radius 3 is 0.578 bits per heavy atom. The third-order valence-electron chi connectivity index (χ3n) is 14.9. The van der Waals surface area contributed by atoms with Crippen LogP contribution >= 0.6 is 0 Å². The van der Waals surface area contributed by atoms with Crippen molar-refractivity contribution in [1.29, 1.82) is 0 Å². The summed E-state index contributed by atoms with van der Waals surface area (Å²) in [6.45, 7) is 47.4. The van der Waals surface area contributed by atoms with Crippen molar-refractivity contribution in [2.45, 2.75) is 152 Å². The molecule has 0 radical (unpaired) electrons. The molecule has 4 heterocycles. The van der Waals surface area contributed by atoms with Crippen molar-refractivity contribution in [3.63, 3.8) is 0 Å². The zero-order valence-corrected chi connectivity index (χ0v) is 42.6. The molecule has 0 aliphatic heterocycles. The highest BCUT2D eigenvalue weighted by molar-refractivity contribution is 5.89. The smallest absolute Gasteiger partial charge is 0.160 e. The summed E-state index contributed by atoms with van der Waals surface area (Å²) in [6.07, 6.45) is 0. The average molecular weight is 851 g/mol. The maximum atomic E-state index is 5.71. The molecule has 0 saturated heterocycles. The molecule has 0 atom stereocenters. The number of aromatic nitrogens is 8. The van der Waals surface area contributed by atoms with Crippen LogP contribution in [0, 0.1) is 152 Å². The van der Waals surface area contributed by atoms with Crippen LogP contribution in [-0.4, -0.2) is 39.9 Å². The summed E-state index contributed by atoms with van der Waals surface area (Å²) in [6, 6.07) is 0. The Labute approximate surface area is 382 Å². The zero-order valence-electron chi connectivity index (χ0n) is 42.6. The molecule has 64 heavy (non-hydrogen) atoms. The predicted molar refractivity (Wildman–Crippen MR) is 266 cm³/mol. The summed E-state index contributed by atoms with van der Waals surface area (Å²) in [5, 5.41) is 0. The maximum absolute atomic E-state index is 5.71. The first-order valence-corrected chi connectivity index (χ1v) is 22.6. The number of aryl methyl sites for hydroxylation is 9. The van der Waals surface area contributed by atoms with Crippen molar-refractivity contribution in [3.8, 4) is 67.7 Å². The molecule has 330 valence electrons. The van der Waals surface area contributed by atoms with E-state index in [9.17, 15) is 0 Å². The molecule has 0 unspecified atom stereocenters. The van der Waals surface area contributed by atoms with Gasteiger partial charge in [-0.3, -0.25) is 15.0 Å². The van der Waals surface area contributed by atoms with Crippen molar-refractivity contribution in [1.82, 2.24) is 39.9 Å². The first-order chi connectivity index (χ1) is 29.9. The van der Waals surface area contributed by atoms with Crippen LogP contribution in [0.15, 0.2) is 0 Å². The minimum atomic E-state index is 0.717. The van der Waals surface area contributed by atoms with Gasteiger partial charge in [0.25, 0.3) is 0 Å². The molecule has 0 aliphatic carbocycles. The SMILES string of the molecule is Cc1nc(C)c(-c2c(C)c(C)c(-c3nc(-c4c(C)c(C)c(-c5nc(C)c(C)nc5C)c(C)c4C)c(C)c(-c4c(C)c(C)c(-c5nc(C)c(C)nc5C)c(C)c4C)n3)c(C)c2C)nc1C. The van der Waals surface area contributed by atoms with Gasteiger partial charge < -0.3 is 0 Å². The van der Waals surface area contributed by atoms with Crippen LogP contribution in [0.4, 0.5) is 0 Å². The number of hydrogen-bond acceptors (Lipinski definition) is 8. The van der Waals surface area contributed by atoms with E-state index in [4.69, 9.17) is 39.9 Å². The minimum absolute atomic E-state index is 0.717. The number of nitrogens with zero attached hydrogens (tertiary/aromatic N) is 8. The summed E-state index contributed by atoms with van der Waals surface area (Å²) in [4.78, 5) is 41.5. The number of benzene rings is 3. The van der Waals surface area contributed by atoms with Crippen molar-refractivity contribution in [2.24, 2.45) is 0 Å². The molecule has 7 rings (SSSR count). The molecule has 7 aromatic rings. The van der Waals surface area contributed by atoms with Gasteiger partial charge >= 0.3 is 0 Å². The van der Waals surface area contributed by atoms with Crippen LogP contribution in [0.3, 0.4) is 0 Å². The fraction of sp³-hybridized carbons (Fsp3) is 0.393. The quantitative estimate of drug-likeness (QED) is 0.163. The van der Waals surface area contributed by atoms with Gasteiger partial charge in [0.1, 0.15) is 0 Å². The summed E-state index contributed by atoms with van der Waals surface area (Å²) in [5.41, 5.74) is 35.1. The Hall–Kier alpha value is -6.02. The lowest BCUT2D eigenvalue weighted by atomic mass is 9.82. The van der Waals surface area contributed by atoms with Crippen LogP contribution < -0.4 is 0 Å². The van der Waals surface area contributed by atoms with E-state index in [1.54, 1.807) is 0 Å². The van der Waals surface area contributed by atoms with Gasteiger partial charge in [-0.15, -0.1) is 0 Å². The van der Waals surface area contributed by atoms with Gasteiger partial charge in [-0.25, -0.2) is 24.9 Å². The fourth-order valence-electron chi connectivity index (χ4n) is 10.0. The molecule has 3 aromatic carbocycles. The van der Waals surface area contributed by atoms with Crippen LogP contribution in [0.1, 0.15) is 124 Å². The Morgan fingerprint density at radius 1 is 0.156 bits per heavy atom. The standard InChI is InChI=1S/C56H66N8/c1-23-27(5)47(53-42(20)57-36(14)39(17)60-53)28(6)24(2)45(23)51-35(13)52(46-25(3)29(7)48(30(8)26(46)4)54-43(21)58-37(15)40(18)61-54)64-56(63-51)50-33(11)31(9)49(32(10)34(50)12)55-44(22)59-38(16)41(19)62-55/h1-22H3. The van der Waals surface area contributed by atoms with E-state index in [0.29, 0.717) is 5.82 Å². The van der Waals surface area contributed by atoms with Crippen molar-refractivity contribution in [2.75, 3.05) is 0 Å². The minimum Gasteiger partial charge on any atom is -0.254 e. The molecule has 8 nitrogen and oxygen atoms in total. The lowest BCUT2D eigenvalue weighted by Crippen LogP contribution is -2.11. The summed E-state index contributed by atoms with van der Waals surface area (Å²) in [7, 11) is 0. The lowest BCUT2D eigenvalue weighted by molar-refractivity contribution is 1.00. The molecule has 0 bridgehead atoms. The van der Waals surface area contributed by atoms with Gasteiger partial charge in [0.05, 0.1) is 79.7 Å². The molecular weight excluding hydrogens is 785 g/mol. The Morgan fingerprint density at radius 2 is 0.344 bits per heavy atom. The Kier molecular flexibility index (Phi) is 11.9. The normalized spacial score (nSPS) is 11.6. The maximum Gasteiger partial charge on any atom is 0.160 e. The summed E-state index contributed by atoms with van der Waals surface area (Å²) < 4.78 is 0. The average Bonchev–Trinajstić information content (AvgIpc) is 3.23. The highest BCUT2D eigenvalue weighted by Crippen LogP contribution is 2.46. The molecule has 0 amide bonds. The third-order valence-corrected chi connectivity index (χ3v) is 14.9. The topological polar surface area (TPSA) is 103 Å². The van der Waals surface area contributed by atoms with Gasteiger partial charge in [-0.1, -0.05) is 0 Å². The van der Waals surface area contributed by atoms with Gasteiger partial charge in [-0.05, 0) is 219 Å². The largest absolute Gasteiger partial charge is 0.254 e. The van der Waals surface area contributed by atoms with E-state index in [1.807, 2.05) is 41.5 Å².